The molecule has 1 aromatic heterocycles. The van der Waals surface area contributed by atoms with Crippen molar-refractivity contribution in [3.63, 3.8) is 0 Å². The van der Waals surface area contributed by atoms with Crippen molar-refractivity contribution in [1.29, 1.82) is 0 Å². The highest BCUT2D eigenvalue weighted by atomic mass is 35.5. The highest BCUT2D eigenvalue weighted by Crippen LogP contribution is 2.33. The standard InChI is InChI=1S/C19H18Cl2N4O11S3/c1-10-18(19(26)25(24-10)15-8-13(21)17(9-12(15)20)38(29,30)31)23-22-14-7-11(3-4-16(14)35-2)37(27,28)6-5-36-39(32,33)34/h3-4,7-9,24H,5-6H2,1-2H3,(H,29,30,31)(H,32,33,34). The van der Waals surface area contributed by atoms with Gasteiger partial charge >= 0.3 is 10.4 Å². The molecule has 0 unspecified atom stereocenters. The van der Waals surface area contributed by atoms with Gasteiger partial charge in [0.25, 0.3) is 15.7 Å². The number of azo groups is 1. The number of nitrogens with zero attached hydrogens (tertiary/aromatic N) is 3. The minimum absolute atomic E-state index is 0.0681. The maximum Gasteiger partial charge on any atom is 0.397 e. The van der Waals surface area contributed by atoms with Crippen molar-refractivity contribution in [2.24, 2.45) is 10.2 Å². The summed E-state index contributed by atoms with van der Waals surface area (Å²) in [5.41, 5.74) is -1.03. The molecular weight excluding hydrogens is 627 g/mol. The van der Waals surface area contributed by atoms with Gasteiger partial charge in [-0.25, -0.2) is 17.3 Å². The second-order valence-corrected chi connectivity index (χ2v) is 12.9. The van der Waals surface area contributed by atoms with Gasteiger partial charge in [0.2, 0.25) is 0 Å². The van der Waals surface area contributed by atoms with Crippen LogP contribution in [-0.2, 0) is 34.5 Å². The lowest BCUT2D eigenvalue weighted by molar-refractivity contribution is 0.284. The van der Waals surface area contributed by atoms with Crippen LogP contribution in [0.2, 0.25) is 10.0 Å². The van der Waals surface area contributed by atoms with Crippen LogP contribution in [0.25, 0.3) is 5.69 Å². The van der Waals surface area contributed by atoms with Crippen molar-refractivity contribution in [2.45, 2.75) is 16.7 Å². The van der Waals surface area contributed by atoms with E-state index in [1.807, 2.05) is 0 Å². The van der Waals surface area contributed by atoms with E-state index in [9.17, 15) is 34.6 Å². The normalized spacial score (nSPS) is 12.8. The molecule has 0 spiro atoms. The third-order valence-electron chi connectivity index (χ3n) is 4.91. The zero-order chi connectivity index (χ0) is 29.3. The fourth-order valence-corrected chi connectivity index (χ4v) is 5.96. The molecule has 0 aliphatic carbocycles. The average Bonchev–Trinajstić information content (AvgIpc) is 3.09. The number of benzene rings is 2. The van der Waals surface area contributed by atoms with E-state index in [1.165, 1.54) is 20.1 Å². The number of aryl methyl sites for hydroxylation is 1. The topological polar surface area (TPSA) is 224 Å². The molecule has 39 heavy (non-hydrogen) atoms. The summed E-state index contributed by atoms with van der Waals surface area (Å²) < 4.78 is 97.3. The fourth-order valence-electron chi connectivity index (χ4n) is 3.12. The second-order valence-electron chi connectivity index (χ2n) is 7.54. The van der Waals surface area contributed by atoms with Gasteiger partial charge in [0.1, 0.15) is 16.3 Å². The average molecular weight is 645 g/mol. The number of methoxy groups -OCH3 is 1. The zero-order valence-corrected chi connectivity index (χ0v) is 23.7. The number of hydrogen-bond donors (Lipinski definition) is 3. The Kier molecular flexibility index (Phi) is 8.92. The molecule has 0 amide bonds. The summed E-state index contributed by atoms with van der Waals surface area (Å²) in [5, 5.41) is 9.82. The van der Waals surface area contributed by atoms with Gasteiger partial charge in [0.05, 0.1) is 45.8 Å². The van der Waals surface area contributed by atoms with Crippen molar-refractivity contribution in [3.8, 4) is 11.4 Å². The Bertz CT molecular complexity index is 1850. The van der Waals surface area contributed by atoms with Gasteiger partial charge in [0, 0.05) is 0 Å². The summed E-state index contributed by atoms with van der Waals surface area (Å²) >= 11 is 12.0. The van der Waals surface area contributed by atoms with Crippen molar-refractivity contribution in [2.75, 3.05) is 19.5 Å². The smallest absolute Gasteiger partial charge is 0.397 e. The van der Waals surface area contributed by atoms with Crippen LogP contribution < -0.4 is 10.3 Å². The van der Waals surface area contributed by atoms with Gasteiger partial charge in [-0.2, -0.15) is 16.8 Å². The number of ether oxygens (including phenoxy) is 1. The lowest BCUT2D eigenvalue weighted by Crippen LogP contribution is -2.15. The van der Waals surface area contributed by atoms with Gasteiger partial charge in [0.15, 0.2) is 15.5 Å². The monoisotopic (exact) mass is 644 g/mol. The Hall–Kier alpha value is -2.84. The minimum atomic E-state index is -4.83. The number of sulfone groups is 1. The van der Waals surface area contributed by atoms with E-state index >= 15 is 0 Å². The maximum atomic E-state index is 13.0. The molecule has 0 bridgehead atoms. The van der Waals surface area contributed by atoms with E-state index in [0.717, 1.165) is 28.9 Å². The van der Waals surface area contributed by atoms with E-state index in [-0.39, 0.29) is 38.4 Å². The summed E-state index contributed by atoms with van der Waals surface area (Å²) in [6.45, 7) is 0.617. The molecule has 3 aromatic rings. The molecule has 3 N–H and O–H groups in total. The number of nitrogens with one attached hydrogen (secondary N) is 1. The van der Waals surface area contributed by atoms with Crippen LogP contribution >= 0.6 is 23.2 Å². The minimum Gasteiger partial charge on any atom is -0.494 e. The highest BCUT2D eigenvalue weighted by molar-refractivity contribution is 7.91. The Morgan fingerprint density at radius 3 is 2.26 bits per heavy atom. The molecular formula is C19H18Cl2N4O11S3. The molecule has 0 aliphatic heterocycles. The van der Waals surface area contributed by atoms with Crippen LogP contribution in [0.1, 0.15) is 5.69 Å². The zero-order valence-electron chi connectivity index (χ0n) is 19.7. The number of halogens is 2. The van der Waals surface area contributed by atoms with E-state index in [1.54, 1.807) is 0 Å². The summed E-state index contributed by atoms with van der Waals surface area (Å²) in [6.07, 6.45) is 0. The quantitative estimate of drug-likeness (QED) is 0.215. The largest absolute Gasteiger partial charge is 0.494 e. The predicted octanol–water partition coefficient (Wildman–Crippen LogP) is 3.04. The molecule has 0 saturated carbocycles. The van der Waals surface area contributed by atoms with Gasteiger partial charge in [-0.3, -0.25) is 19.0 Å². The highest BCUT2D eigenvalue weighted by Gasteiger charge is 2.22. The third kappa shape index (κ3) is 7.22. The van der Waals surface area contributed by atoms with Crippen LogP contribution in [0.3, 0.4) is 0 Å². The van der Waals surface area contributed by atoms with Gasteiger partial charge in [-0.05, 0) is 37.3 Å². The molecule has 212 valence electrons. The molecule has 15 nitrogen and oxygen atoms in total. The van der Waals surface area contributed by atoms with E-state index in [4.69, 9.17) is 32.5 Å². The van der Waals surface area contributed by atoms with Gasteiger partial charge in [-0.15, -0.1) is 10.2 Å². The number of hydrogen-bond acceptors (Lipinski definition) is 11. The number of H-pyrrole nitrogens is 1. The van der Waals surface area contributed by atoms with Gasteiger partial charge in [-0.1, -0.05) is 23.2 Å². The number of aromatic nitrogens is 2. The predicted molar refractivity (Wildman–Crippen MR) is 138 cm³/mol. The van der Waals surface area contributed by atoms with Crippen molar-refractivity contribution >= 4 is 64.9 Å². The summed E-state index contributed by atoms with van der Waals surface area (Å²) in [4.78, 5) is 12.1. The molecule has 2 aromatic carbocycles. The Morgan fingerprint density at radius 2 is 1.67 bits per heavy atom. The van der Waals surface area contributed by atoms with Crippen LogP contribution in [0.4, 0.5) is 11.4 Å². The first-order chi connectivity index (χ1) is 17.9. The molecule has 0 aliphatic rings. The molecule has 20 heteroatoms. The number of aromatic amines is 1. The Morgan fingerprint density at radius 1 is 1.00 bits per heavy atom. The summed E-state index contributed by atoms with van der Waals surface area (Å²) in [6, 6.07) is 5.38. The van der Waals surface area contributed by atoms with E-state index in [0.29, 0.717) is 0 Å². The molecule has 0 fully saturated rings. The fraction of sp³-hybridized carbons (Fsp3) is 0.211. The molecule has 0 atom stereocenters. The Balaban J connectivity index is 2.00. The molecule has 3 rings (SSSR count). The van der Waals surface area contributed by atoms with Crippen LogP contribution in [0, 0.1) is 6.92 Å². The van der Waals surface area contributed by atoms with Crippen LogP contribution in [0.15, 0.2) is 55.1 Å². The van der Waals surface area contributed by atoms with Crippen LogP contribution in [0.5, 0.6) is 5.75 Å². The maximum absolute atomic E-state index is 13.0. The molecule has 1 heterocycles. The first kappa shape index (κ1) is 30.7. The van der Waals surface area contributed by atoms with E-state index in [2.05, 4.69) is 19.5 Å². The second kappa shape index (κ2) is 11.3. The first-order valence-corrected chi connectivity index (χ1v) is 15.4. The van der Waals surface area contributed by atoms with Crippen molar-refractivity contribution < 1.29 is 43.3 Å². The summed E-state index contributed by atoms with van der Waals surface area (Å²) in [5.74, 6) is -0.715. The van der Waals surface area contributed by atoms with Gasteiger partial charge < -0.3 is 4.74 Å². The number of rotatable bonds is 10. The molecule has 0 saturated heterocycles. The van der Waals surface area contributed by atoms with Crippen LogP contribution in [-0.4, -0.2) is 63.6 Å². The Labute approximate surface area is 231 Å². The summed E-state index contributed by atoms with van der Waals surface area (Å²) in [7, 11) is -12.3. The first-order valence-electron chi connectivity index (χ1n) is 10.2. The molecule has 0 radical (unpaired) electrons. The van der Waals surface area contributed by atoms with E-state index < -0.39 is 58.2 Å². The lowest BCUT2D eigenvalue weighted by Gasteiger charge is -2.08. The third-order valence-corrected chi connectivity index (χ3v) is 8.67. The van der Waals surface area contributed by atoms with Crippen molar-refractivity contribution in [3.05, 3.63) is 56.4 Å². The SMILES string of the molecule is COc1ccc(S(=O)(=O)CCOS(=O)(=O)O)cc1N=Nc1c(C)[nH]n(-c2cc(Cl)c(S(=O)(=O)O)cc2Cl)c1=O. The van der Waals surface area contributed by atoms with Crippen molar-refractivity contribution in [1.82, 2.24) is 9.78 Å². The lowest BCUT2D eigenvalue weighted by atomic mass is 10.3.